The number of ether oxygens (including phenoxy) is 1. The summed E-state index contributed by atoms with van der Waals surface area (Å²) in [5.41, 5.74) is 7.77. The molecule has 1 atom stereocenters. The Kier molecular flexibility index (Phi) is 6.76. The van der Waals surface area contributed by atoms with E-state index in [4.69, 9.17) is 10.5 Å². The van der Waals surface area contributed by atoms with E-state index >= 15 is 0 Å². The topological polar surface area (TPSA) is 38.5 Å². The number of nitrogen functional groups attached to an aromatic ring is 1. The lowest BCUT2D eigenvalue weighted by Gasteiger charge is -2.19. The van der Waals surface area contributed by atoms with Crippen LogP contribution in [0.5, 0.6) is 0 Å². The summed E-state index contributed by atoms with van der Waals surface area (Å²) in [4.78, 5) is 2.37. The van der Waals surface area contributed by atoms with Gasteiger partial charge in [-0.1, -0.05) is 32.9 Å². The van der Waals surface area contributed by atoms with Crippen LogP contribution in [0.2, 0.25) is 0 Å². The largest absolute Gasteiger partial charge is 0.399 e. The van der Waals surface area contributed by atoms with Crippen LogP contribution in [-0.4, -0.2) is 37.7 Å². The summed E-state index contributed by atoms with van der Waals surface area (Å²) in [5, 5.41) is 0. The first-order valence-corrected chi connectivity index (χ1v) is 6.82. The van der Waals surface area contributed by atoms with E-state index in [9.17, 15) is 0 Å². The number of rotatable bonds is 8. The summed E-state index contributed by atoms with van der Waals surface area (Å²) in [5.74, 6) is 0.419. The van der Waals surface area contributed by atoms with Gasteiger partial charge in [0.25, 0.3) is 0 Å². The van der Waals surface area contributed by atoms with Crippen LogP contribution in [-0.2, 0) is 4.74 Å². The summed E-state index contributed by atoms with van der Waals surface area (Å²) in [7, 11) is 0. The monoisotopic (exact) mass is 250 g/mol. The summed E-state index contributed by atoms with van der Waals surface area (Å²) in [6.45, 7) is 11.3. The molecule has 102 valence electrons. The van der Waals surface area contributed by atoms with E-state index in [2.05, 4.69) is 37.8 Å². The van der Waals surface area contributed by atoms with Gasteiger partial charge in [-0.3, -0.25) is 0 Å². The number of nitrogens with zero attached hydrogens (tertiary/aromatic N) is 1. The maximum Gasteiger partial charge on any atom is 0.0593 e. The van der Waals surface area contributed by atoms with Gasteiger partial charge in [0.1, 0.15) is 0 Å². The summed E-state index contributed by atoms with van der Waals surface area (Å²) in [6.07, 6.45) is 0. The molecule has 3 nitrogen and oxygen atoms in total. The fraction of sp³-hybridized carbons (Fsp3) is 0.600. The van der Waals surface area contributed by atoms with E-state index in [1.54, 1.807) is 0 Å². The van der Waals surface area contributed by atoms with Crippen molar-refractivity contribution in [1.29, 1.82) is 0 Å². The molecule has 1 aromatic rings. The first-order chi connectivity index (χ1) is 8.67. The van der Waals surface area contributed by atoms with Crippen LogP contribution in [0.15, 0.2) is 24.3 Å². The lowest BCUT2D eigenvalue weighted by molar-refractivity contribution is 0.0987. The molecule has 0 spiro atoms. The second-order valence-corrected chi connectivity index (χ2v) is 4.67. The molecular weight excluding hydrogens is 224 g/mol. The molecule has 0 aliphatic heterocycles. The third-order valence-electron chi connectivity index (χ3n) is 3.32. The number of hydrogen-bond acceptors (Lipinski definition) is 3. The van der Waals surface area contributed by atoms with E-state index in [1.807, 2.05) is 12.1 Å². The second-order valence-electron chi connectivity index (χ2n) is 4.67. The molecular formula is C15H26N2O. The minimum Gasteiger partial charge on any atom is -0.399 e. The third-order valence-corrected chi connectivity index (χ3v) is 3.32. The molecule has 0 aliphatic carbocycles. The Bertz CT molecular complexity index is 320. The molecule has 0 saturated heterocycles. The zero-order valence-electron chi connectivity index (χ0n) is 11.9. The van der Waals surface area contributed by atoms with Crippen LogP contribution >= 0.6 is 0 Å². The number of benzene rings is 1. The highest BCUT2D eigenvalue weighted by Crippen LogP contribution is 2.16. The van der Waals surface area contributed by atoms with Gasteiger partial charge in [-0.05, 0) is 30.8 Å². The molecule has 1 aromatic carbocycles. The lowest BCUT2D eigenvalue weighted by Crippen LogP contribution is -2.27. The molecule has 3 heteroatoms. The van der Waals surface area contributed by atoms with Crippen molar-refractivity contribution < 1.29 is 4.74 Å². The molecule has 0 bridgehead atoms. The summed E-state index contributed by atoms with van der Waals surface area (Å²) < 4.78 is 5.74. The predicted octanol–water partition coefficient (Wildman–Crippen LogP) is 2.73. The van der Waals surface area contributed by atoms with Gasteiger partial charge in [-0.15, -0.1) is 0 Å². The Morgan fingerprint density at radius 2 is 1.78 bits per heavy atom. The molecule has 1 unspecified atom stereocenters. The Balaban J connectivity index is 2.25. The van der Waals surface area contributed by atoms with Crippen molar-refractivity contribution >= 4 is 5.69 Å². The maximum absolute atomic E-state index is 5.74. The highest BCUT2D eigenvalue weighted by molar-refractivity contribution is 5.40. The van der Waals surface area contributed by atoms with Crippen molar-refractivity contribution in [2.75, 3.05) is 38.6 Å². The van der Waals surface area contributed by atoms with Crippen LogP contribution < -0.4 is 5.73 Å². The number of hydrogen-bond donors (Lipinski definition) is 1. The van der Waals surface area contributed by atoms with Gasteiger partial charge in [-0.25, -0.2) is 0 Å². The van der Waals surface area contributed by atoms with E-state index in [1.165, 1.54) is 5.56 Å². The van der Waals surface area contributed by atoms with E-state index in [0.29, 0.717) is 5.92 Å². The Hall–Kier alpha value is -1.06. The minimum atomic E-state index is 0.419. The standard InChI is InChI=1S/C15H26N2O/c1-4-17(5-2)10-11-18-12-13(3)14-6-8-15(16)9-7-14/h6-9,13H,4-5,10-12,16H2,1-3H3. The zero-order valence-corrected chi connectivity index (χ0v) is 11.9. The lowest BCUT2D eigenvalue weighted by atomic mass is 10.0. The molecule has 0 aliphatic rings. The average molecular weight is 250 g/mol. The van der Waals surface area contributed by atoms with Gasteiger partial charge < -0.3 is 15.4 Å². The molecule has 0 fully saturated rings. The quantitative estimate of drug-likeness (QED) is 0.569. The number of likely N-dealkylation sites (N-methyl/N-ethyl adjacent to an activating group) is 1. The fourth-order valence-electron chi connectivity index (χ4n) is 1.91. The second kappa shape index (κ2) is 8.11. The van der Waals surface area contributed by atoms with Gasteiger partial charge in [0.05, 0.1) is 13.2 Å². The molecule has 2 N–H and O–H groups in total. The van der Waals surface area contributed by atoms with E-state index < -0.39 is 0 Å². The Morgan fingerprint density at radius 1 is 1.17 bits per heavy atom. The van der Waals surface area contributed by atoms with Crippen LogP contribution in [0.25, 0.3) is 0 Å². The van der Waals surface area contributed by atoms with Gasteiger partial charge in [0, 0.05) is 18.2 Å². The van der Waals surface area contributed by atoms with Crippen molar-refractivity contribution in [2.45, 2.75) is 26.7 Å². The highest BCUT2D eigenvalue weighted by Gasteiger charge is 2.06. The molecule has 18 heavy (non-hydrogen) atoms. The highest BCUT2D eigenvalue weighted by atomic mass is 16.5. The molecule has 0 amide bonds. The van der Waals surface area contributed by atoms with Gasteiger partial charge in [0.15, 0.2) is 0 Å². The smallest absolute Gasteiger partial charge is 0.0593 e. The van der Waals surface area contributed by atoms with Crippen LogP contribution in [0.1, 0.15) is 32.3 Å². The first-order valence-electron chi connectivity index (χ1n) is 6.82. The van der Waals surface area contributed by atoms with Gasteiger partial charge in [-0.2, -0.15) is 0 Å². The van der Waals surface area contributed by atoms with Gasteiger partial charge in [0.2, 0.25) is 0 Å². The van der Waals surface area contributed by atoms with Crippen molar-refractivity contribution in [3.05, 3.63) is 29.8 Å². The molecule has 0 heterocycles. The van der Waals surface area contributed by atoms with Gasteiger partial charge >= 0.3 is 0 Å². The van der Waals surface area contributed by atoms with E-state index in [0.717, 1.165) is 38.5 Å². The normalized spacial score (nSPS) is 12.9. The molecule has 0 saturated carbocycles. The maximum atomic E-state index is 5.74. The van der Waals surface area contributed by atoms with Crippen molar-refractivity contribution in [1.82, 2.24) is 4.90 Å². The SMILES string of the molecule is CCN(CC)CCOCC(C)c1ccc(N)cc1. The van der Waals surface area contributed by atoms with E-state index in [-0.39, 0.29) is 0 Å². The molecule has 0 radical (unpaired) electrons. The number of nitrogens with two attached hydrogens (primary N) is 1. The number of anilines is 1. The van der Waals surface area contributed by atoms with Crippen molar-refractivity contribution in [3.63, 3.8) is 0 Å². The van der Waals surface area contributed by atoms with Crippen molar-refractivity contribution in [2.24, 2.45) is 0 Å². The molecule has 0 aromatic heterocycles. The predicted molar refractivity (Wildman–Crippen MR) is 77.9 cm³/mol. The fourth-order valence-corrected chi connectivity index (χ4v) is 1.91. The van der Waals surface area contributed by atoms with Crippen LogP contribution in [0.4, 0.5) is 5.69 Å². The first kappa shape index (κ1) is 15.0. The third kappa shape index (κ3) is 5.07. The Labute approximate surface area is 111 Å². The van der Waals surface area contributed by atoms with Crippen LogP contribution in [0.3, 0.4) is 0 Å². The zero-order chi connectivity index (χ0) is 13.4. The van der Waals surface area contributed by atoms with Crippen molar-refractivity contribution in [3.8, 4) is 0 Å². The minimum absolute atomic E-state index is 0.419. The van der Waals surface area contributed by atoms with Crippen LogP contribution in [0, 0.1) is 0 Å². The Morgan fingerprint density at radius 3 is 2.33 bits per heavy atom. The average Bonchev–Trinajstić information content (AvgIpc) is 2.39. The summed E-state index contributed by atoms with van der Waals surface area (Å²) in [6, 6.07) is 8.05. The molecule has 1 rings (SSSR count). The summed E-state index contributed by atoms with van der Waals surface area (Å²) >= 11 is 0.